The van der Waals surface area contributed by atoms with E-state index in [2.05, 4.69) is 29.0 Å². The van der Waals surface area contributed by atoms with Gasteiger partial charge in [-0.05, 0) is 64.9 Å². The quantitative estimate of drug-likeness (QED) is 0.707. The standard InChI is InChI=1S/C22H32N4O2S2/c1-13(2)26-10-8-15(9-11-26)23-20(27)14(3)29-12-18-24-21(28)19-16-6-4-5-7-17(16)30-22(19)25-18/h13-15H,4-12H2,1-3H3,(H,23,27)(H,24,25,28). The summed E-state index contributed by atoms with van der Waals surface area (Å²) >= 11 is 3.20. The third-order valence-corrected chi connectivity index (χ3v) is 8.66. The van der Waals surface area contributed by atoms with E-state index in [-0.39, 0.29) is 22.8 Å². The number of aryl methyl sites for hydroxylation is 2. The van der Waals surface area contributed by atoms with Gasteiger partial charge in [-0.3, -0.25) is 9.59 Å². The van der Waals surface area contributed by atoms with Crippen LogP contribution >= 0.6 is 23.1 Å². The lowest BCUT2D eigenvalue weighted by Crippen LogP contribution is -2.48. The molecule has 0 saturated carbocycles. The first-order valence-electron chi connectivity index (χ1n) is 11.1. The zero-order valence-corrected chi connectivity index (χ0v) is 19.8. The van der Waals surface area contributed by atoms with Crippen molar-refractivity contribution >= 4 is 39.2 Å². The molecule has 0 spiro atoms. The number of hydrogen-bond donors (Lipinski definition) is 2. The highest BCUT2D eigenvalue weighted by Crippen LogP contribution is 2.33. The summed E-state index contributed by atoms with van der Waals surface area (Å²) in [5, 5.41) is 3.83. The largest absolute Gasteiger partial charge is 0.352 e. The van der Waals surface area contributed by atoms with Crippen LogP contribution in [0.5, 0.6) is 0 Å². The lowest BCUT2D eigenvalue weighted by molar-refractivity contribution is -0.121. The van der Waals surface area contributed by atoms with Gasteiger partial charge in [-0.2, -0.15) is 0 Å². The molecule has 2 aromatic rings. The number of nitrogens with zero attached hydrogens (tertiary/aromatic N) is 2. The van der Waals surface area contributed by atoms with E-state index in [4.69, 9.17) is 4.98 Å². The van der Waals surface area contributed by atoms with Crippen molar-refractivity contribution < 1.29 is 4.79 Å². The maximum atomic E-state index is 12.7. The molecule has 1 amide bonds. The summed E-state index contributed by atoms with van der Waals surface area (Å²) in [5.41, 5.74) is 1.19. The maximum Gasteiger partial charge on any atom is 0.259 e. The van der Waals surface area contributed by atoms with E-state index in [0.29, 0.717) is 17.6 Å². The van der Waals surface area contributed by atoms with Crippen LogP contribution in [0.2, 0.25) is 0 Å². The molecular weight excluding hydrogens is 416 g/mol. The highest BCUT2D eigenvalue weighted by Gasteiger charge is 2.24. The van der Waals surface area contributed by atoms with Gasteiger partial charge in [-0.15, -0.1) is 23.1 Å². The molecule has 1 unspecified atom stereocenters. The van der Waals surface area contributed by atoms with Crippen molar-refractivity contribution in [2.24, 2.45) is 0 Å². The minimum absolute atomic E-state index is 0.0241. The molecule has 6 nitrogen and oxygen atoms in total. The van der Waals surface area contributed by atoms with Crippen LogP contribution < -0.4 is 10.9 Å². The molecule has 0 bridgehead atoms. The summed E-state index contributed by atoms with van der Waals surface area (Å²) in [6.07, 6.45) is 6.42. The van der Waals surface area contributed by atoms with E-state index in [1.807, 2.05) is 6.92 Å². The van der Waals surface area contributed by atoms with Crippen molar-refractivity contribution in [1.82, 2.24) is 20.2 Å². The number of rotatable bonds is 6. The molecule has 8 heteroatoms. The predicted molar refractivity (Wildman–Crippen MR) is 126 cm³/mol. The number of hydrogen-bond acceptors (Lipinski definition) is 6. The Kier molecular flexibility index (Phi) is 6.85. The Balaban J connectivity index is 1.33. The van der Waals surface area contributed by atoms with Crippen LogP contribution in [0.1, 0.15) is 62.7 Å². The van der Waals surface area contributed by atoms with Crippen molar-refractivity contribution in [3.63, 3.8) is 0 Å². The minimum Gasteiger partial charge on any atom is -0.352 e. The predicted octanol–water partition coefficient (Wildman–Crippen LogP) is 3.47. The van der Waals surface area contributed by atoms with Crippen molar-refractivity contribution in [2.45, 2.75) is 82.4 Å². The van der Waals surface area contributed by atoms with Crippen LogP contribution in [0.3, 0.4) is 0 Å². The average Bonchev–Trinajstić information content (AvgIpc) is 3.11. The molecule has 3 heterocycles. The van der Waals surface area contributed by atoms with Crippen LogP contribution in [0, 0.1) is 0 Å². The molecule has 0 aromatic carbocycles. The van der Waals surface area contributed by atoms with Crippen molar-refractivity contribution in [3.05, 3.63) is 26.6 Å². The summed E-state index contributed by atoms with van der Waals surface area (Å²) in [4.78, 5) is 37.6. The third kappa shape index (κ3) is 4.75. The lowest BCUT2D eigenvalue weighted by atomic mass is 9.97. The Bertz CT molecular complexity index is 960. The topological polar surface area (TPSA) is 78.1 Å². The van der Waals surface area contributed by atoms with Crippen LogP contribution in [-0.4, -0.2) is 51.2 Å². The summed E-state index contributed by atoms with van der Waals surface area (Å²) in [6.45, 7) is 8.46. The Morgan fingerprint density at radius 1 is 1.27 bits per heavy atom. The number of nitrogens with one attached hydrogen (secondary N) is 2. The fourth-order valence-corrected chi connectivity index (χ4v) is 6.48. The van der Waals surface area contributed by atoms with E-state index >= 15 is 0 Å². The molecule has 2 aromatic heterocycles. The van der Waals surface area contributed by atoms with Gasteiger partial charge >= 0.3 is 0 Å². The first kappa shape index (κ1) is 21.8. The first-order valence-corrected chi connectivity index (χ1v) is 13.0. The van der Waals surface area contributed by atoms with Gasteiger partial charge < -0.3 is 15.2 Å². The van der Waals surface area contributed by atoms with E-state index in [0.717, 1.165) is 55.4 Å². The van der Waals surface area contributed by atoms with Gasteiger partial charge in [0.15, 0.2) is 0 Å². The number of H-pyrrole nitrogens is 1. The number of thiophene rings is 1. The molecule has 2 N–H and O–H groups in total. The zero-order chi connectivity index (χ0) is 21.3. The Hall–Kier alpha value is -1.38. The van der Waals surface area contributed by atoms with Crippen molar-refractivity contribution in [3.8, 4) is 0 Å². The van der Waals surface area contributed by atoms with Gasteiger partial charge in [0.05, 0.1) is 16.4 Å². The lowest BCUT2D eigenvalue weighted by Gasteiger charge is -2.35. The zero-order valence-electron chi connectivity index (χ0n) is 18.1. The number of carbonyl (C=O) groups is 1. The first-order chi connectivity index (χ1) is 14.4. The number of aromatic nitrogens is 2. The van der Waals surface area contributed by atoms with Gasteiger partial charge in [-0.1, -0.05) is 0 Å². The molecule has 1 saturated heterocycles. The number of thioether (sulfide) groups is 1. The number of likely N-dealkylation sites (tertiary alicyclic amines) is 1. The molecule has 1 fully saturated rings. The second-order valence-electron chi connectivity index (χ2n) is 8.77. The van der Waals surface area contributed by atoms with Crippen molar-refractivity contribution in [2.75, 3.05) is 13.1 Å². The SMILES string of the molecule is CC(SCc1nc2sc3c(c2c(=O)[nH]1)CCCC3)C(=O)NC1CCN(C(C)C)CC1. The van der Waals surface area contributed by atoms with E-state index in [9.17, 15) is 9.59 Å². The van der Waals surface area contributed by atoms with Gasteiger partial charge in [0.1, 0.15) is 10.7 Å². The Morgan fingerprint density at radius 2 is 2.00 bits per heavy atom. The smallest absolute Gasteiger partial charge is 0.259 e. The highest BCUT2D eigenvalue weighted by molar-refractivity contribution is 7.99. The van der Waals surface area contributed by atoms with Crippen molar-refractivity contribution in [1.29, 1.82) is 0 Å². The van der Waals surface area contributed by atoms with E-state index < -0.39 is 0 Å². The van der Waals surface area contributed by atoms with E-state index in [1.165, 1.54) is 28.6 Å². The van der Waals surface area contributed by atoms with Gasteiger partial charge in [-0.25, -0.2) is 4.98 Å². The average molecular weight is 449 g/mol. The Labute approximate surface area is 186 Å². The molecule has 0 radical (unpaired) electrons. The second kappa shape index (κ2) is 9.40. The third-order valence-electron chi connectivity index (χ3n) is 6.32. The molecule has 1 aliphatic heterocycles. The normalized spacial score (nSPS) is 19.2. The number of fused-ring (bicyclic) bond motifs is 3. The molecule has 30 heavy (non-hydrogen) atoms. The van der Waals surface area contributed by atoms with Crippen LogP contribution in [0.15, 0.2) is 4.79 Å². The summed E-state index contributed by atoms with van der Waals surface area (Å²) in [7, 11) is 0. The summed E-state index contributed by atoms with van der Waals surface area (Å²) < 4.78 is 0. The second-order valence-corrected chi connectivity index (χ2v) is 11.2. The fraction of sp³-hybridized carbons (Fsp3) is 0.682. The van der Waals surface area contributed by atoms with Crippen LogP contribution in [-0.2, 0) is 23.4 Å². The summed E-state index contributed by atoms with van der Waals surface area (Å²) in [6, 6.07) is 0.833. The molecule has 1 aliphatic carbocycles. The Morgan fingerprint density at radius 3 is 2.73 bits per heavy atom. The molecule has 2 aliphatic rings. The van der Waals surface area contributed by atoms with Crippen LogP contribution in [0.25, 0.3) is 10.2 Å². The minimum atomic E-state index is -0.175. The number of carbonyl (C=O) groups excluding carboxylic acids is 1. The number of piperidine rings is 1. The van der Waals surface area contributed by atoms with Crippen LogP contribution in [0.4, 0.5) is 0 Å². The number of amides is 1. The van der Waals surface area contributed by atoms with Gasteiger partial charge in [0.25, 0.3) is 5.56 Å². The maximum absolute atomic E-state index is 12.7. The molecule has 4 rings (SSSR count). The number of aromatic amines is 1. The molecule has 1 atom stereocenters. The van der Waals surface area contributed by atoms with E-state index in [1.54, 1.807) is 11.3 Å². The monoisotopic (exact) mass is 448 g/mol. The highest BCUT2D eigenvalue weighted by atomic mass is 32.2. The molecular formula is C22H32N4O2S2. The molecule has 164 valence electrons. The van der Waals surface area contributed by atoms with Gasteiger partial charge in [0.2, 0.25) is 5.91 Å². The fourth-order valence-electron chi connectivity index (χ4n) is 4.44. The van der Waals surface area contributed by atoms with Gasteiger partial charge in [0, 0.05) is 30.1 Å². The summed E-state index contributed by atoms with van der Waals surface area (Å²) in [5.74, 6) is 1.28.